The molecule has 1 saturated heterocycles. The first kappa shape index (κ1) is 38.7. The van der Waals surface area contributed by atoms with Crippen LogP contribution in [0.2, 0.25) is 0 Å². The molecule has 18 heteroatoms. The average molecular weight is 840 g/mol. The van der Waals surface area contributed by atoms with E-state index in [0.717, 1.165) is 0 Å². The van der Waals surface area contributed by atoms with Crippen molar-refractivity contribution in [2.75, 3.05) is 0 Å². The molecule has 6 aromatic rings. The number of hydrogen-bond acceptors (Lipinski definition) is 12. The summed E-state index contributed by atoms with van der Waals surface area (Å²) in [6.45, 7) is 0. The summed E-state index contributed by atoms with van der Waals surface area (Å²) in [5.74, 6) is 0. The molecule has 0 atom stereocenters. The first-order valence-corrected chi connectivity index (χ1v) is 25.3. The fraction of sp³-hybridized carbons (Fsp3) is 0. The summed E-state index contributed by atoms with van der Waals surface area (Å²) in [7, 11) is -31.7. The molecule has 0 N–H and O–H groups in total. The van der Waals surface area contributed by atoms with Gasteiger partial charge in [-0.25, -0.2) is 25.9 Å². The Morgan fingerprint density at radius 3 is 0.426 bits per heavy atom. The Balaban J connectivity index is 1.57. The van der Waals surface area contributed by atoms with E-state index in [0.29, 0.717) is 0 Å². The zero-order valence-electron chi connectivity index (χ0n) is 27.9. The molecule has 1 fully saturated rings. The molecule has 1 heterocycles. The van der Waals surface area contributed by atoms with Crippen molar-refractivity contribution in [2.45, 2.75) is 0 Å². The third-order valence-electron chi connectivity index (χ3n) is 7.72. The fourth-order valence-corrected chi connectivity index (χ4v) is 22.0. The average Bonchev–Trinajstić information content (AvgIpc) is 3.19. The normalized spacial score (nSPS) is 30.7. The van der Waals surface area contributed by atoms with E-state index in [9.17, 15) is 0 Å². The largest absolute Gasteiger partial charge is 0.376 e. The van der Waals surface area contributed by atoms with Crippen molar-refractivity contribution in [1.82, 2.24) is 0 Å². The molecule has 6 aromatic carbocycles. The van der Waals surface area contributed by atoms with Gasteiger partial charge in [0, 0.05) is 0 Å². The molecule has 276 valence electrons. The second kappa shape index (κ2) is 15.5. The molecular formula is C36H30O12P6. The topological polar surface area (TPSA) is 158 Å². The monoisotopic (exact) mass is 840 g/mol. The Labute approximate surface area is 311 Å². The summed E-state index contributed by atoms with van der Waals surface area (Å²) in [6, 6.07) is 42.6. The van der Waals surface area contributed by atoms with Crippen molar-refractivity contribution < 1.29 is 53.3 Å². The van der Waals surface area contributed by atoms with E-state index >= 15 is 27.4 Å². The van der Waals surface area contributed by atoms with Crippen LogP contribution in [-0.2, 0) is 53.3 Å². The molecule has 0 saturated carbocycles. The van der Waals surface area contributed by atoms with Gasteiger partial charge in [-0.05, 0) is 72.8 Å². The molecule has 1 aliphatic rings. The van der Waals surface area contributed by atoms with Crippen LogP contribution in [0.4, 0.5) is 0 Å². The van der Waals surface area contributed by atoms with Crippen LogP contribution in [0.1, 0.15) is 0 Å². The summed E-state index contributed by atoms with van der Waals surface area (Å²) in [6.07, 6.45) is 0. The maximum Gasteiger partial charge on any atom is 0.376 e. The molecule has 0 aliphatic carbocycles. The molecule has 0 bridgehead atoms. The highest BCUT2D eigenvalue weighted by Gasteiger charge is 2.56. The minimum atomic E-state index is -5.28. The van der Waals surface area contributed by atoms with E-state index in [-0.39, 0.29) is 31.8 Å². The van der Waals surface area contributed by atoms with Gasteiger partial charge in [0.15, 0.2) is 0 Å². The number of benzene rings is 6. The van der Waals surface area contributed by atoms with Crippen LogP contribution in [0.5, 0.6) is 0 Å². The lowest BCUT2D eigenvalue weighted by Gasteiger charge is -2.34. The summed E-state index contributed by atoms with van der Waals surface area (Å²) in [4.78, 5) is 0. The van der Waals surface area contributed by atoms with Crippen LogP contribution in [0.3, 0.4) is 0 Å². The second-order valence-electron chi connectivity index (χ2n) is 11.5. The Morgan fingerprint density at radius 1 is 0.204 bits per heavy atom. The maximum absolute atomic E-state index is 15.4. The first-order chi connectivity index (χ1) is 25.9. The summed E-state index contributed by atoms with van der Waals surface area (Å²) in [5.41, 5.74) is 0. The molecule has 0 unspecified atom stereocenters. The molecule has 0 aromatic heterocycles. The van der Waals surface area contributed by atoms with Gasteiger partial charge in [-0.2, -0.15) is 0 Å². The van der Waals surface area contributed by atoms with Gasteiger partial charge in [0.25, 0.3) is 0 Å². The molecule has 7 rings (SSSR count). The van der Waals surface area contributed by atoms with Crippen molar-refractivity contribution in [2.24, 2.45) is 0 Å². The molecular weight excluding hydrogens is 810 g/mol. The molecule has 54 heavy (non-hydrogen) atoms. The van der Waals surface area contributed by atoms with E-state index < -0.39 is 45.6 Å². The van der Waals surface area contributed by atoms with Crippen molar-refractivity contribution >= 4 is 77.4 Å². The van der Waals surface area contributed by atoms with E-state index in [2.05, 4.69) is 0 Å². The SMILES string of the molecule is O=P1(c2ccccc2)OP(=O)(c2ccccc2)OP(=O)(c2ccccc2)OP(=O)(c2ccccc2)OP(=O)(c2ccccc2)OP(=O)(c2ccccc2)O1. The van der Waals surface area contributed by atoms with Crippen molar-refractivity contribution in [1.29, 1.82) is 0 Å². The molecule has 0 radical (unpaired) electrons. The van der Waals surface area contributed by atoms with Gasteiger partial charge in [-0.15, -0.1) is 0 Å². The van der Waals surface area contributed by atoms with Crippen LogP contribution in [0.15, 0.2) is 182 Å². The zero-order valence-corrected chi connectivity index (χ0v) is 33.3. The molecule has 0 spiro atoms. The summed E-state index contributed by atoms with van der Waals surface area (Å²) < 4.78 is 129. The van der Waals surface area contributed by atoms with E-state index in [1.54, 1.807) is 36.4 Å². The number of hydrogen-bond donors (Lipinski definition) is 0. The minimum Gasteiger partial charge on any atom is -0.254 e. The lowest BCUT2D eigenvalue weighted by Crippen LogP contribution is -2.22. The zero-order chi connectivity index (χ0) is 37.9. The van der Waals surface area contributed by atoms with Crippen LogP contribution in [0, 0.1) is 0 Å². The van der Waals surface area contributed by atoms with Gasteiger partial charge in [-0.1, -0.05) is 109 Å². The highest BCUT2D eigenvalue weighted by Crippen LogP contribution is 2.82. The van der Waals surface area contributed by atoms with Crippen molar-refractivity contribution in [3.8, 4) is 0 Å². The molecule has 1 aliphatic heterocycles. The Kier molecular flexibility index (Phi) is 11.1. The summed E-state index contributed by atoms with van der Waals surface area (Å²) in [5, 5.41) is -1.65. The van der Waals surface area contributed by atoms with Gasteiger partial charge in [0.2, 0.25) is 0 Å². The Hall–Kier alpha value is -3.54. The smallest absolute Gasteiger partial charge is 0.254 e. The van der Waals surface area contributed by atoms with Gasteiger partial charge in [0.05, 0.1) is 31.8 Å². The number of rotatable bonds is 6. The van der Waals surface area contributed by atoms with Crippen LogP contribution in [-0.4, -0.2) is 0 Å². The highest BCUT2D eigenvalue weighted by atomic mass is 31.3. The van der Waals surface area contributed by atoms with Crippen LogP contribution >= 0.6 is 45.6 Å². The van der Waals surface area contributed by atoms with Crippen LogP contribution < -0.4 is 31.8 Å². The van der Waals surface area contributed by atoms with Crippen molar-refractivity contribution in [3.05, 3.63) is 182 Å². The van der Waals surface area contributed by atoms with Gasteiger partial charge in [-0.3, -0.25) is 27.4 Å². The van der Waals surface area contributed by atoms with Crippen molar-refractivity contribution in [3.63, 3.8) is 0 Å². The third-order valence-corrected chi connectivity index (χ3v) is 23.6. The van der Waals surface area contributed by atoms with Gasteiger partial charge < -0.3 is 0 Å². The fourth-order valence-electron chi connectivity index (χ4n) is 5.17. The van der Waals surface area contributed by atoms with Crippen LogP contribution in [0.25, 0.3) is 0 Å². The maximum atomic E-state index is 15.4. The highest BCUT2D eigenvalue weighted by molar-refractivity contribution is 7.88. The third kappa shape index (κ3) is 8.05. The Bertz CT molecular complexity index is 2030. The molecule has 0 amide bonds. The quantitative estimate of drug-likeness (QED) is 0.147. The van der Waals surface area contributed by atoms with Gasteiger partial charge in [0.1, 0.15) is 0 Å². The van der Waals surface area contributed by atoms with E-state index in [4.69, 9.17) is 25.9 Å². The lowest BCUT2D eigenvalue weighted by molar-refractivity contribution is 0.300. The lowest BCUT2D eigenvalue weighted by atomic mass is 10.4. The second-order valence-corrected chi connectivity index (χ2v) is 24.5. The Morgan fingerprint density at radius 2 is 0.315 bits per heavy atom. The van der Waals surface area contributed by atoms with Gasteiger partial charge >= 0.3 is 45.6 Å². The molecule has 12 nitrogen and oxygen atoms in total. The first-order valence-electron chi connectivity index (χ1n) is 16.1. The predicted octanol–water partition coefficient (Wildman–Crippen LogP) is 9.21. The summed E-state index contributed by atoms with van der Waals surface area (Å²) >= 11 is 0. The minimum absolute atomic E-state index is 0.276. The van der Waals surface area contributed by atoms with E-state index in [1.807, 2.05) is 0 Å². The predicted molar refractivity (Wildman–Crippen MR) is 209 cm³/mol. The van der Waals surface area contributed by atoms with E-state index in [1.165, 1.54) is 146 Å². The standard InChI is InChI=1S/C36H30O12P6/c37-49(31-19-7-1-8-20-31)43-50(38,32-21-9-2-10-22-32)45-52(40,34-25-13-4-14-26-34)47-54(42,36-29-17-6-18-30-36)48-53(41,35-27-15-5-16-28-35)46-51(39,44-49)33-23-11-3-12-24-33/h1-30H.